The van der Waals surface area contributed by atoms with Crippen LogP contribution < -0.4 is 0 Å². The number of aromatic nitrogens is 1. The first-order valence-electron chi connectivity index (χ1n) is 5.16. The standard InChI is InChI=1S/C11H13ClN2OS/c1-14(8-5-6-16-7-8)11(15)9-3-2-4-10(12)13-9/h2-4,8H,5-7H2,1H3. The van der Waals surface area contributed by atoms with Gasteiger partial charge in [-0.1, -0.05) is 17.7 Å². The molecule has 1 unspecified atom stereocenters. The van der Waals surface area contributed by atoms with Gasteiger partial charge in [0.1, 0.15) is 10.8 Å². The third-order valence-corrected chi connectivity index (χ3v) is 4.06. The van der Waals surface area contributed by atoms with Gasteiger partial charge in [-0.2, -0.15) is 11.8 Å². The van der Waals surface area contributed by atoms with Gasteiger partial charge in [-0.25, -0.2) is 4.98 Å². The van der Waals surface area contributed by atoms with Crippen LogP contribution in [0, 0.1) is 0 Å². The van der Waals surface area contributed by atoms with E-state index in [1.165, 1.54) is 0 Å². The van der Waals surface area contributed by atoms with E-state index < -0.39 is 0 Å². The van der Waals surface area contributed by atoms with Crippen LogP contribution in [0.4, 0.5) is 0 Å². The van der Waals surface area contributed by atoms with Crippen LogP contribution in [-0.4, -0.2) is 40.4 Å². The maximum atomic E-state index is 12.1. The van der Waals surface area contributed by atoms with Crippen LogP contribution in [0.1, 0.15) is 16.9 Å². The lowest BCUT2D eigenvalue weighted by molar-refractivity contribution is 0.0742. The number of hydrogen-bond acceptors (Lipinski definition) is 3. The number of pyridine rings is 1. The molecule has 0 aromatic carbocycles. The van der Waals surface area contributed by atoms with Crippen molar-refractivity contribution in [3.8, 4) is 0 Å². The number of rotatable bonds is 2. The van der Waals surface area contributed by atoms with Gasteiger partial charge in [0.2, 0.25) is 0 Å². The van der Waals surface area contributed by atoms with E-state index in [2.05, 4.69) is 4.98 Å². The fraction of sp³-hybridized carbons (Fsp3) is 0.455. The van der Waals surface area contributed by atoms with Crippen molar-refractivity contribution in [2.45, 2.75) is 12.5 Å². The molecule has 0 saturated carbocycles. The Balaban J connectivity index is 2.12. The van der Waals surface area contributed by atoms with Crippen LogP contribution in [0.25, 0.3) is 0 Å². The minimum Gasteiger partial charge on any atom is -0.337 e. The second-order valence-corrected chi connectivity index (χ2v) is 5.32. The fourth-order valence-electron chi connectivity index (χ4n) is 1.70. The van der Waals surface area contributed by atoms with E-state index in [0.717, 1.165) is 17.9 Å². The molecular formula is C11H13ClN2OS. The second kappa shape index (κ2) is 5.06. The molecule has 1 aliphatic heterocycles. The number of halogens is 1. The first-order valence-corrected chi connectivity index (χ1v) is 6.69. The van der Waals surface area contributed by atoms with Crippen molar-refractivity contribution in [2.75, 3.05) is 18.6 Å². The van der Waals surface area contributed by atoms with Gasteiger partial charge in [-0.15, -0.1) is 0 Å². The van der Waals surface area contributed by atoms with Gasteiger partial charge in [0.05, 0.1) is 0 Å². The maximum absolute atomic E-state index is 12.1. The molecule has 2 rings (SSSR count). The van der Waals surface area contributed by atoms with Crippen LogP contribution in [0.2, 0.25) is 5.15 Å². The van der Waals surface area contributed by atoms with Gasteiger partial charge in [0.15, 0.2) is 0 Å². The van der Waals surface area contributed by atoms with E-state index in [1.54, 1.807) is 23.1 Å². The minimum atomic E-state index is -0.0463. The van der Waals surface area contributed by atoms with Crippen LogP contribution in [0.5, 0.6) is 0 Å². The minimum absolute atomic E-state index is 0.0463. The summed E-state index contributed by atoms with van der Waals surface area (Å²) in [6, 6.07) is 5.45. The highest BCUT2D eigenvalue weighted by Crippen LogP contribution is 2.22. The summed E-state index contributed by atoms with van der Waals surface area (Å²) in [5, 5.41) is 0.361. The van der Waals surface area contributed by atoms with E-state index in [4.69, 9.17) is 11.6 Å². The average molecular weight is 257 g/mol. The molecule has 1 atom stereocenters. The van der Waals surface area contributed by atoms with Crippen molar-refractivity contribution in [3.05, 3.63) is 29.0 Å². The lowest BCUT2D eigenvalue weighted by Crippen LogP contribution is -2.37. The van der Waals surface area contributed by atoms with Crippen LogP contribution >= 0.6 is 23.4 Å². The highest BCUT2D eigenvalue weighted by molar-refractivity contribution is 7.99. The molecule has 1 amide bonds. The Hall–Kier alpha value is -0.740. The number of carbonyl (C=O) groups excluding carboxylic acids is 1. The molecule has 0 bridgehead atoms. The molecule has 2 heterocycles. The van der Waals surface area contributed by atoms with E-state index in [0.29, 0.717) is 16.9 Å². The van der Waals surface area contributed by atoms with E-state index >= 15 is 0 Å². The number of amides is 1. The second-order valence-electron chi connectivity index (χ2n) is 3.78. The molecule has 0 N–H and O–H groups in total. The predicted molar refractivity (Wildman–Crippen MR) is 67.1 cm³/mol. The molecule has 1 fully saturated rings. The first-order chi connectivity index (χ1) is 7.68. The zero-order valence-electron chi connectivity index (χ0n) is 9.02. The van der Waals surface area contributed by atoms with Crippen LogP contribution in [-0.2, 0) is 0 Å². The Bertz CT molecular complexity index is 393. The Morgan fingerprint density at radius 3 is 3.06 bits per heavy atom. The third kappa shape index (κ3) is 2.50. The van der Waals surface area contributed by atoms with Crippen molar-refractivity contribution < 1.29 is 4.79 Å². The fourth-order valence-corrected chi connectivity index (χ4v) is 3.13. The highest BCUT2D eigenvalue weighted by atomic mass is 35.5. The quantitative estimate of drug-likeness (QED) is 0.762. The summed E-state index contributed by atoms with van der Waals surface area (Å²) < 4.78 is 0. The SMILES string of the molecule is CN(C(=O)c1cccc(Cl)n1)C1CCSC1. The van der Waals surface area contributed by atoms with Gasteiger partial charge in [-0.3, -0.25) is 4.79 Å². The summed E-state index contributed by atoms with van der Waals surface area (Å²) in [7, 11) is 1.83. The van der Waals surface area contributed by atoms with E-state index in [1.807, 2.05) is 18.8 Å². The number of nitrogens with zero attached hydrogens (tertiary/aromatic N) is 2. The summed E-state index contributed by atoms with van der Waals surface area (Å²) >= 11 is 7.65. The maximum Gasteiger partial charge on any atom is 0.272 e. The monoisotopic (exact) mass is 256 g/mol. The molecule has 1 saturated heterocycles. The normalized spacial score (nSPS) is 19.8. The molecule has 1 aromatic rings. The summed E-state index contributed by atoms with van der Waals surface area (Å²) in [6.07, 6.45) is 1.06. The van der Waals surface area contributed by atoms with Crippen molar-refractivity contribution in [1.82, 2.24) is 9.88 Å². The summed E-state index contributed by atoms with van der Waals surface area (Å²) in [4.78, 5) is 17.9. The van der Waals surface area contributed by atoms with E-state index in [9.17, 15) is 4.79 Å². The lowest BCUT2D eigenvalue weighted by Gasteiger charge is -2.23. The zero-order chi connectivity index (χ0) is 11.5. The van der Waals surface area contributed by atoms with Crippen molar-refractivity contribution >= 4 is 29.3 Å². The smallest absolute Gasteiger partial charge is 0.272 e. The van der Waals surface area contributed by atoms with Gasteiger partial charge in [-0.05, 0) is 24.3 Å². The molecular weight excluding hydrogens is 244 g/mol. The van der Waals surface area contributed by atoms with Gasteiger partial charge in [0, 0.05) is 18.8 Å². The summed E-state index contributed by atoms with van der Waals surface area (Å²) in [5.41, 5.74) is 0.423. The van der Waals surface area contributed by atoms with Crippen molar-refractivity contribution in [2.24, 2.45) is 0 Å². The first kappa shape index (κ1) is 11.7. The topological polar surface area (TPSA) is 33.2 Å². The van der Waals surface area contributed by atoms with Crippen LogP contribution in [0.15, 0.2) is 18.2 Å². The average Bonchev–Trinajstić information content (AvgIpc) is 2.80. The Kier molecular flexibility index (Phi) is 3.71. The predicted octanol–water partition coefficient (Wildman–Crippen LogP) is 2.31. The van der Waals surface area contributed by atoms with E-state index in [-0.39, 0.29) is 5.91 Å². The molecule has 86 valence electrons. The van der Waals surface area contributed by atoms with Gasteiger partial charge >= 0.3 is 0 Å². The molecule has 3 nitrogen and oxygen atoms in total. The number of thioether (sulfide) groups is 1. The molecule has 0 radical (unpaired) electrons. The summed E-state index contributed by atoms with van der Waals surface area (Å²) in [5.74, 6) is 2.10. The highest BCUT2D eigenvalue weighted by Gasteiger charge is 2.25. The Labute approximate surface area is 104 Å². The molecule has 1 aliphatic rings. The molecule has 0 spiro atoms. The largest absolute Gasteiger partial charge is 0.337 e. The lowest BCUT2D eigenvalue weighted by atomic mass is 10.2. The Morgan fingerprint density at radius 2 is 2.44 bits per heavy atom. The molecule has 0 aliphatic carbocycles. The van der Waals surface area contributed by atoms with Gasteiger partial charge < -0.3 is 4.90 Å². The Morgan fingerprint density at radius 1 is 1.62 bits per heavy atom. The number of hydrogen-bond donors (Lipinski definition) is 0. The molecule has 16 heavy (non-hydrogen) atoms. The number of carbonyl (C=O) groups is 1. The third-order valence-electron chi connectivity index (χ3n) is 2.71. The zero-order valence-corrected chi connectivity index (χ0v) is 10.6. The summed E-state index contributed by atoms with van der Waals surface area (Å²) in [6.45, 7) is 0. The van der Waals surface area contributed by atoms with Crippen LogP contribution in [0.3, 0.4) is 0 Å². The van der Waals surface area contributed by atoms with Crippen molar-refractivity contribution in [1.29, 1.82) is 0 Å². The van der Waals surface area contributed by atoms with Crippen molar-refractivity contribution in [3.63, 3.8) is 0 Å². The molecule has 1 aromatic heterocycles. The molecule has 5 heteroatoms. The van der Waals surface area contributed by atoms with Gasteiger partial charge in [0.25, 0.3) is 5.91 Å².